The molecule has 0 unspecified atom stereocenters. The van der Waals surface area contributed by atoms with Gasteiger partial charge in [-0.05, 0) is 12.8 Å². The second-order valence-corrected chi connectivity index (χ2v) is 5.90. The SMILES string of the molecule is CN(C)C(=O)CN1CCC(NCCc2nncn2C)CC1. The van der Waals surface area contributed by atoms with Crippen LogP contribution < -0.4 is 5.32 Å². The molecule has 1 saturated heterocycles. The maximum absolute atomic E-state index is 11.7. The number of rotatable bonds is 6. The van der Waals surface area contributed by atoms with E-state index < -0.39 is 0 Å². The highest BCUT2D eigenvalue weighted by molar-refractivity contribution is 5.77. The van der Waals surface area contributed by atoms with Gasteiger partial charge in [-0.2, -0.15) is 0 Å². The van der Waals surface area contributed by atoms with E-state index in [0.29, 0.717) is 12.6 Å². The number of nitrogens with zero attached hydrogens (tertiary/aromatic N) is 5. The Hall–Kier alpha value is -1.47. The minimum absolute atomic E-state index is 0.184. The third-order valence-electron chi connectivity index (χ3n) is 4.03. The summed E-state index contributed by atoms with van der Waals surface area (Å²) in [7, 11) is 5.59. The van der Waals surface area contributed by atoms with E-state index in [-0.39, 0.29) is 5.91 Å². The molecule has 0 aromatic carbocycles. The molecule has 1 aliphatic heterocycles. The van der Waals surface area contributed by atoms with Crippen molar-refractivity contribution in [1.29, 1.82) is 0 Å². The molecule has 0 saturated carbocycles. The van der Waals surface area contributed by atoms with Crippen LogP contribution in [0.4, 0.5) is 0 Å². The normalized spacial score (nSPS) is 17.1. The van der Waals surface area contributed by atoms with Gasteiger partial charge in [0.15, 0.2) is 0 Å². The first-order valence-corrected chi connectivity index (χ1v) is 7.55. The van der Waals surface area contributed by atoms with Gasteiger partial charge in [0.2, 0.25) is 5.91 Å². The van der Waals surface area contributed by atoms with Gasteiger partial charge in [-0.1, -0.05) is 0 Å². The third kappa shape index (κ3) is 4.78. The van der Waals surface area contributed by atoms with E-state index >= 15 is 0 Å². The zero-order chi connectivity index (χ0) is 15.2. The van der Waals surface area contributed by atoms with Crippen LogP contribution in [-0.2, 0) is 18.3 Å². The second kappa shape index (κ2) is 7.51. The van der Waals surface area contributed by atoms with Gasteiger partial charge in [-0.3, -0.25) is 9.69 Å². The maximum atomic E-state index is 11.7. The number of amides is 1. The molecule has 1 aromatic heterocycles. The second-order valence-electron chi connectivity index (χ2n) is 5.90. The summed E-state index contributed by atoms with van der Waals surface area (Å²) in [6, 6.07) is 0.545. The van der Waals surface area contributed by atoms with Crippen molar-refractivity contribution >= 4 is 5.91 Å². The highest BCUT2D eigenvalue weighted by atomic mass is 16.2. The van der Waals surface area contributed by atoms with Crippen molar-refractivity contribution in [2.24, 2.45) is 7.05 Å². The molecule has 0 spiro atoms. The smallest absolute Gasteiger partial charge is 0.236 e. The molecule has 118 valence electrons. The fourth-order valence-electron chi connectivity index (χ4n) is 2.55. The molecule has 21 heavy (non-hydrogen) atoms. The van der Waals surface area contributed by atoms with Crippen LogP contribution in [0.3, 0.4) is 0 Å². The first-order chi connectivity index (χ1) is 10.1. The molecule has 2 rings (SSSR count). The maximum Gasteiger partial charge on any atom is 0.236 e. The highest BCUT2D eigenvalue weighted by Crippen LogP contribution is 2.10. The van der Waals surface area contributed by atoms with Crippen LogP contribution in [-0.4, -0.2) is 76.8 Å². The Morgan fingerprint density at radius 3 is 2.71 bits per heavy atom. The van der Waals surface area contributed by atoms with Crippen molar-refractivity contribution in [3.05, 3.63) is 12.2 Å². The van der Waals surface area contributed by atoms with Crippen LogP contribution in [0.25, 0.3) is 0 Å². The Balaban J connectivity index is 1.63. The molecule has 0 radical (unpaired) electrons. The van der Waals surface area contributed by atoms with Gasteiger partial charge in [0.05, 0.1) is 6.54 Å². The van der Waals surface area contributed by atoms with Gasteiger partial charge in [0, 0.05) is 53.2 Å². The molecular weight excluding hydrogens is 268 g/mol. The zero-order valence-electron chi connectivity index (χ0n) is 13.2. The largest absolute Gasteiger partial charge is 0.348 e. The first-order valence-electron chi connectivity index (χ1n) is 7.55. The molecule has 1 amide bonds. The lowest BCUT2D eigenvalue weighted by Gasteiger charge is -2.32. The van der Waals surface area contributed by atoms with Crippen LogP contribution >= 0.6 is 0 Å². The fourth-order valence-corrected chi connectivity index (χ4v) is 2.55. The van der Waals surface area contributed by atoms with Gasteiger partial charge in [-0.15, -0.1) is 10.2 Å². The number of nitrogens with one attached hydrogen (secondary N) is 1. The van der Waals surface area contributed by atoms with Crippen LogP contribution in [0.1, 0.15) is 18.7 Å². The summed E-state index contributed by atoms with van der Waals surface area (Å²) in [5.41, 5.74) is 0. The molecule has 7 nitrogen and oxygen atoms in total. The molecule has 1 aromatic rings. The predicted octanol–water partition coefficient (Wildman–Crippen LogP) is -0.500. The van der Waals surface area contributed by atoms with Crippen LogP contribution in [0.5, 0.6) is 0 Å². The molecule has 0 bridgehead atoms. The Kier molecular flexibility index (Phi) is 5.69. The van der Waals surface area contributed by atoms with Gasteiger partial charge < -0.3 is 14.8 Å². The molecule has 1 fully saturated rings. The Bertz CT molecular complexity index is 450. The van der Waals surface area contributed by atoms with Gasteiger partial charge in [0.1, 0.15) is 12.2 Å². The number of piperidine rings is 1. The fraction of sp³-hybridized carbons (Fsp3) is 0.786. The van der Waals surface area contributed by atoms with Crippen molar-refractivity contribution in [3.8, 4) is 0 Å². The monoisotopic (exact) mass is 294 g/mol. The average Bonchev–Trinajstić information content (AvgIpc) is 2.86. The molecule has 2 heterocycles. The van der Waals surface area contributed by atoms with Crippen molar-refractivity contribution in [1.82, 2.24) is 29.9 Å². The summed E-state index contributed by atoms with van der Waals surface area (Å²) in [6.45, 7) is 3.44. The predicted molar refractivity (Wildman–Crippen MR) is 80.9 cm³/mol. The minimum atomic E-state index is 0.184. The van der Waals surface area contributed by atoms with E-state index in [9.17, 15) is 4.79 Å². The van der Waals surface area contributed by atoms with Crippen molar-refractivity contribution in [3.63, 3.8) is 0 Å². The van der Waals surface area contributed by atoms with Gasteiger partial charge in [0.25, 0.3) is 0 Å². The summed E-state index contributed by atoms with van der Waals surface area (Å²) in [5.74, 6) is 1.19. The lowest BCUT2D eigenvalue weighted by Crippen LogP contribution is -2.46. The van der Waals surface area contributed by atoms with Crippen molar-refractivity contribution < 1.29 is 4.79 Å². The zero-order valence-corrected chi connectivity index (χ0v) is 13.2. The molecule has 0 atom stereocenters. The number of hydrogen-bond donors (Lipinski definition) is 1. The number of aryl methyl sites for hydroxylation is 1. The van der Waals surface area contributed by atoms with E-state index in [1.54, 1.807) is 11.2 Å². The number of aromatic nitrogens is 3. The van der Waals surface area contributed by atoms with Gasteiger partial charge >= 0.3 is 0 Å². The summed E-state index contributed by atoms with van der Waals surface area (Å²) in [5, 5.41) is 11.5. The number of hydrogen-bond acceptors (Lipinski definition) is 5. The summed E-state index contributed by atoms with van der Waals surface area (Å²) in [4.78, 5) is 15.6. The lowest BCUT2D eigenvalue weighted by atomic mass is 10.0. The van der Waals surface area contributed by atoms with Crippen LogP contribution in [0, 0.1) is 0 Å². The average molecular weight is 294 g/mol. The van der Waals surface area contributed by atoms with Crippen molar-refractivity contribution in [2.45, 2.75) is 25.3 Å². The standard InChI is InChI=1S/C14H26N6O/c1-18(2)14(21)10-20-8-5-12(6-9-20)15-7-4-13-17-16-11-19(13)3/h11-12,15H,4-10H2,1-3H3. The number of carbonyl (C=O) groups excluding carboxylic acids is 1. The van der Waals surface area contributed by atoms with Gasteiger partial charge in [-0.25, -0.2) is 0 Å². The summed E-state index contributed by atoms with van der Waals surface area (Å²) in [6.07, 6.45) is 4.82. The Morgan fingerprint density at radius 1 is 1.43 bits per heavy atom. The lowest BCUT2D eigenvalue weighted by molar-refractivity contribution is -0.130. The molecule has 1 aliphatic rings. The van der Waals surface area contributed by atoms with E-state index in [4.69, 9.17) is 0 Å². The third-order valence-corrected chi connectivity index (χ3v) is 4.03. The van der Waals surface area contributed by atoms with Crippen molar-refractivity contribution in [2.75, 3.05) is 40.3 Å². The number of carbonyl (C=O) groups is 1. The van der Waals surface area contributed by atoms with E-state index in [2.05, 4.69) is 20.4 Å². The summed E-state index contributed by atoms with van der Waals surface area (Å²) < 4.78 is 1.96. The number of likely N-dealkylation sites (tertiary alicyclic amines) is 1. The highest BCUT2D eigenvalue weighted by Gasteiger charge is 2.20. The molecule has 7 heteroatoms. The molecule has 1 N–H and O–H groups in total. The summed E-state index contributed by atoms with van der Waals surface area (Å²) >= 11 is 0. The topological polar surface area (TPSA) is 66.3 Å². The van der Waals surface area contributed by atoms with E-state index in [1.165, 1.54) is 0 Å². The number of likely N-dealkylation sites (N-methyl/N-ethyl adjacent to an activating group) is 1. The van der Waals surface area contributed by atoms with E-state index in [1.807, 2.05) is 25.7 Å². The van der Waals surface area contributed by atoms with Crippen LogP contribution in [0.15, 0.2) is 6.33 Å². The van der Waals surface area contributed by atoms with Crippen LogP contribution in [0.2, 0.25) is 0 Å². The minimum Gasteiger partial charge on any atom is -0.348 e. The Labute approximate surface area is 126 Å². The molecular formula is C14H26N6O. The first kappa shape index (κ1) is 15.9. The molecule has 0 aliphatic carbocycles. The van der Waals surface area contributed by atoms with E-state index in [0.717, 1.165) is 44.7 Å². The Morgan fingerprint density at radius 2 is 2.14 bits per heavy atom. The quantitative estimate of drug-likeness (QED) is 0.766.